The van der Waals surface area contributed by atoms with E-state index in [1.807, 2.05) is 39.0 Å². The Hall–Kier alpha value is -4.77. The molecule has 2 unspecified atom stereocenters. The molecule has 220 valence electrons. The number of hydrogen-bond acceptors (Lipinski definition) is 5. The number of para-hydroxylation sites is 1. The lowest BCUT2D eigenvalue weighted by molar-refractivity contribution is -0.142. The lowest BCUT2D eigenvalue weighted by atomic mass is 9.98. The third-order valence-electron chi connectivity index (χ3n) is 6.50. The van der Waals surface area contributed by atoms with Crippen molar-refractivity contribution in [2.45, 2.75) is 71.7 Å². The molecular formula is C34H39N3O5. The third-order valence-corrected chi connectivity index (χ3v) is 6.50. The van der Waals surface area contributed by atoms with E-state index >= 15 is 0 Å². The van der Waals surface area contributed by atoms with Gasteiger partial charge in [0, 0.05) is 23.7 Å². The fraction of sp³-hybridized carbons (Fsp3) is 0.324. The van der Waals surface area contributed by atoms with Crippen LogP contribution in [0.1, 0.15) is 62.9 Å². The van der Waals surface area contributed by atoms with Gasteiger partial charge >= 0.3 is 6.09 Å². The number of rotatable bonds is 9. The molecule has 0 radical (unpaired) electrons. The number of anilines is 1. The van der Waals surface area contributed by atoms with E-state index in [0.29, 0.717) is 22.4 Å². The van der Waals surface area contributed by atoms with Crippen molar-refractivity contribution in [2.75, 3.05) is 5.32 Å². The largest absolute Gasteiger partial charge is 0.508 e. The maximum atomic E-state index is 14.4. The number of terminal acetylenes is 1. The molecule has 8 heteroatoms. The Labute approximate surface area is 248 Å². The Morgan fingerprint density at radius 1 is 0.976 bits per heavy atom. The number of ether oxygens (including phenoxy) is 1. The minimum atomic E-state index is -1.08. The number of phenols is 1. The third kappa shape index (κ3) is 8.61. The second kappa shape index (κ2) is 13.7. The van der Waals surface area contributed by atoms with Crippen LogP contribution in [0, 0.1) is 19.3 Å². The highest BCUT2D eigenvalue weighted by Crippen LogP contribution is 2.28. The predicted octanol–water partition coefficient (Wildman–Crippen LogP) is 5.73. The van der Waals surface area contributed by atoms with Crippen LogP contribution in [0.4, 0.5) is 10.5 Å². The second-order valence-corrected chi connectivity index (χ2v) is 11.4. The number of phenolic OH excluding ortho intramolecular Hbond substituents is 1. The van der Waals surface area contributed by atoms with Crippen molar-refractivity contribution in [3.05, 3.63) is 95.1 Å². The Morgan fingerprint density at radius 3 is 2.14 bits per heavy atom. The summed E-state index contributed by atoms with van der Waals surface area (Å²) in [4.78, 5) is 42.8. The lowest BCUT2D eigenvalue weighted by Gasteiger charge is -2.37. The Bertz CT molecular complexity index is 1430. The number of amides is 3. The molecule has 0 bridgehead atoms. The quantitative estimate of drug-likeness (QED) is 0.285. The zero-order valence-corrected chi connectivity index (χ0v) is 25.0. The van der Waals surface area contributed by atoms with Crippen LogP contribution in [0.25, 0.3) is 0 Å². The molecule has 3 rings (SSSR count). The molecular weight excluding hydrogens is 530 g/mol. The molecule has 0 spiro atoms. The SMILES string of the molecule is C#Cc1ccc(C(C(=O)Nc2ccccc2C)N(C(=O)C(Cc2ccc(O)cc2)NC(=O)OC(C)(C)C)C(C)C)cc1. The molecule has 8 nitrogen and oxygen atoms in total. The zero-order chi connectivity index (χ0) is 31.0. The van der Waals surface area contributed by atoms with E-state index in [2.05, 4.69) is 16.6 Å². The van der Waals surface area contributed by atoms with Gasteiger partial charge in [-0.1, -0.05) is 48.4 Å². The van der Waals surface area contributed by atoms with Gasteiger partial charge in [-0.2, -0.15) is 0 Å². The van der Waals surface area contributed by atoms with E-state index < -0.39 is 41.6 Å². The van der Waals surface area contributed by atoms with Crippen LogP contribution in [0.2, 0.25) is 0 Å². The molecule has 3 aromatic carbocycles. The van der Waals surface area contributed by atoms with Crippen LogP contribution in [0.3, 0.4) is 0 Å². The number of aromatic hydroxyl groups is 1. The predicted molar refractivity (Wildman–Crippen MR) is 164 cm³/mol. The summed E-state index contributed by atoms with van der Waals surface area (Å²) < 4.78 is 5.47. The Balaban J connectivity index is 2.07. The maximum Gasteiger partial charge on any atom is 0.408 e. The molecule has 0 saturated carbocycles. The van der Waals surface area contributed by atoms with Crippen molar-refractivity contribution in [1.82, 2.24) is 10.2 Å². The highest BCUT2D eigenvalue weighted by atomic mass is 16.6. The van der Waals surface area contributed by atoms with Gasteiger partial charge in [-0.05, 0) is 88.6 Å². The summed E-state index contributed by atoms with van der Waals surface area (Å²) in [5.74, 6) is 1.76. The van der Waals surface area contributed by atoms with E-state index in [-0.39, 0.29) is 12.2 Å². The average Bonchev–Trinajstić information content (AvgIpc) is 2.92. The molecule has 3 aromatic rings. The van der Waals surface area contributed by atoms with E-state index in [9.17, 15) is 19.5 Å². The highest BCUT2D eigenvalue weighted by Gasteiger charge is 2.38. The van der Waals surface area contributed by atoms with Crippen LogP contribution in [-0.2, 0) is 20.7 Å². The second-order valence-electron chi connectivity index (χ2n) is 11.4. The van der Waals surface area contributed by atoms with Crippen molar-refractivity contribution in [3.8, 4) is 18.1 Å². The number of alkyl carbamates (subject to hydrolysis) is 1. The molecule has 0 aliphatic heterocycles. The van der Waals surface area contributed by atoms with Gasteiger partial charge in [0.15, 0.2) is 0 Å². The van der Waals surface area contributed by atoms with Crippen LogP contribution in [0.15, 0.2) is 72.8 Å². The summed E-state index contributed by atoms with van der Waals surface area (Å²) in [7, 11) is 0. The van der Waals surface area contributed by atoms with Crippen molar-refractivity contribution < 1.29 is 24.2 Å². The van der Waals surface area contributed by atoms with E-state index in [1.165, 1.54) is 17.0 Å². The van der Waals surface area contributed by atoms with Gasteiger partial charge in [0.05, 0.1) is 0 Å². The van der Waals surface area contributed by atoms with E-state index in [4.69, 9.17) is 11.2 Å². The molecule has 0 fully saturated rings. The number of benzene rings is 3. The van der Waals surface area contributed by atoms with Gasteiger partial charge < -0.3 is 25.4 Å². The number of hydrogen-bond donors (Lipinski definition) is 3. The van der Waals surface area contributed by atoms with Crippen LogP contribution < -0.4 is 10.6 Å². The smallest absolute Gasteiger partial charge is 0.408 e. The Morgan fingerprint density at radius 2 is 1.60 bits per heavy atom. The van der Waals surface area contributed by atoms with Gasteiger partial charge in [-0.25, -0.2) is 4.79 Å². The lowest BCUT2D eigenvalue weighted by Crippen LogP contribution is -2.55. The summed E-state index contributed by atoms with van der Waals surface area (Å²) in [5.41, 5.74) is 2.59. The molecule has 0 aliphatic rings. The monoisotopic (exact) mass is 569 g/mol. The molecule has 0 heterocycles. The minimum Gasteiger partial charge on any atom is -0.508 e. The normalized spacial score (nSPS) is 12.5. The number of nitrogens with zero attached hydrogens (tertiary/aromatic N) is 1. The van der Waals surface area contributed by atoms with Crippen molar-refractivity contribution in [2.24, 2.45) is 0 Å². The topological polar surface area (TPSA) is 108 Å². The maximum absolute atomic E-state index is 14.4. The first kappa shape index (κ1) is 31.8. The van der Waals surface area contributed by atoms with Gasteiger partial charge in [-0.3, -0.25) is 9.59 Å². The van der Waals surface area contributed by atoms with Crippen LogP contribution >= 0.6 is 0 Å². The van der Waals surface area contributed by atoms with Crippen molar-refractivity contribution >= 4 is 23.6 Å². The standard InChI is InChI=1S/C34H39N3O5/c1-8-24-13-17-26(18-14-24)30(31(39)35-28-12-10-9-11-23(28)4)37(22(2)3)32(40)29(36-33(41)42-34(5,6)7)21-25-15-19-27(38)20-16-25/h1,9-20,22,29-30,38H,21H2,2-7H3,(H,35,39)(H,36,41). The molecule has 42 heavy (non-hydrogen) atoms. The zero-order valence-electron chi connectivity index (χ0n) is 25.0. The number of nitrogens with one attached hydrogen (secondary N) is 2. The molecule has 2 atom stereocenters. The van der Waals surface area contributed by atoms with Gasteiger partial charge in [0.1, 0.15) is 23.4 Å². The molecule has 0 saturated heterocycles. The fourth-order valence-electron chi connectivity index (χ4n) is 4.49. The minimum absolute atomic E-state index is 0.0777. The van der Waals surface area contributed by atoms with Gasteiger partial charge in [-0.15, -0.1) is 6.42 Å². The first-order valence-corrected chi connectivity index (χ1v) is 13.8. The molecule has 0 aliphatic carbocycles. The highest BCUT2D eigenvalue weighted by molar-refractivity contribution is 5.99. The fourth-order valence-corrected chi connectivity index (χ4v) is 4.49. The van der Waals surface area contributed by atoms with Gasteiger partial charge in [0.2, 0.25) is 5.91 Å². The molecule has 0 aromatic heterocycles. The van der Waals surface area contributed by atoms with Crippen LogP contribution in [-0.4, -0.2) is 45.6 Å². The first-order valence-electron chi connectivity index (χ1n) is 13.8. The molecule has 3 N–H and O–H groups in total. The van der Waals surface area contributed by atoms with Gasteiger partial charge in [0.25, 0.3) is 5.91 Å². The van der Waals surface area contributed by atoms with Crippen molar-refractivity contribution in [3.63, 3.8) is 0 Å². The summed E-state index contributed by atoms with van der Waals surface area (Å²) in [5, 5.41) is 15.5. The van der Waals surface area contributed by atoms with E-state index in [0.717, 1.165) is 5.56 Å². The van der Waals surface area contributed by atoms with Crippen LogP contribution in [0.5, 0.6) is 5.75 Å². The summed E-state index contributed by atoms with van der Waals surface area (Å²) in [6, 6.07) is 18.1. The molecule has 3 amide bonds. The number of aryl methyl sites for hydroxylation is 1. The summed E-state index contributed by atoms with van der Waals surface area (Å²) >= 11 is 0. The number of carbonyl (C=O) groups excluding carboxylic acids is 3. The summed E-state index contributed by atoms with van der Waals surface area (Å²) in [6.45, 7) is 10.7. The Kier molecular flexibility index (Phi) is 10.4. The first-order chi connectivity index (χ1) is 19.8. The number of carbonyl (C=O) groups is 3. The van der Waals surface area contributed by atoms with Crippen molar-refractivity contribution in [1.29, 1.82) is 0 Å². The van der Waals surface area contributed by atoms with E-state index in [1.54, 1.807) is 63.2 Å². The summed E-state index contributed by atoms with van der Waals surface area (Å²) in [6.07, 6.45) is 4.90. The average molecular weight is 570 g/mol.